The normalized spacial score (nSPS) is 10.9. The van der Waals surface area contributed by atoms with Crippen LogP contribution in [0.1, 0.15) is 38.2 Å². The van der Waals surface area contributed by atoms with E-state index in [1.807, 2.05) is 63.2 Å². The van der Waals surface area contributed by atoms with Gasteiger partial charge in [0.2, 0.25) is 0 Å². The number of carbonyl (C=O) groups excluding carboxylic acids is 1. The summed E-state index contributed by atoms with van der Waals surface area (Å²) < 4.78 is 0. The van der Waals surface area contributed by atoms with Gasteiger partial charge >= 0.3 is 0 Å². The monoisotopic (exact) mass is 411 g/mol. The highest BCUT2D eigenvalue weighted by Gasteiger charge is 2.19. The Bertz CT molecular complexity index is 1290. The Kier molecular flexibility index (Phi) is 5.67. The molecule has 1 N–H and O–H groups in total. The third kappa shape index (κ3) is 4.40. The van der Waals surface area contributed by atoms with E-state index in [4.69, 9.17) is 0 Å². The van der Waals surface area contributed by atoms with Gasteiger partial charge in [0.25, 0.3) is 11.5 Å². The van der Waals surface area contributed by atoms with E-state index < -0.39 is 0 Å². The number of aromatic nitrogens is 2. The van der Waals surface area contributed by atoms with Crippen molar-refractivity contribution in [1.82, 2.24) is 14.9 Å². The summed E-state index contributed by atoms with van der Waals surface area (Å²) in [5, 5.41) is 1.00. The van der Waals surface area contributed by atoms with Crippen molar-refractivity contribution >= 4 is 16.8 Å². The number of pyridine rings is 2. The second-order valence-electron chi connectivity index (χ2n) is 7.99. The molecule has 0 saturated heterocycles. The molecule has 2 aromatic heterocycles. The molecule has 5 nitrogen and oxygen atoms in total. The summed E-state index contributed by atoms with van der Waals surface area (Å²) in [6.45, 7) is 6.66. The second-order valence-corrected chi connectivity index (χ2v) is 7.99. The molecule has 0 unspecified atom stereocenters. The van der Waals surface area contributed by atoms with Gasteiger partial charge in [-0.2, -0.15) is 0 Å². The van der Waals surface area contributed by atoms with Gasteiger partial charge in [-0.3, -0.25) is 14.6 Å². The molecular weight excluding hydrogens is 386 g/mol. The van der Waals surface area contributed by atoms with Gasteiger partial charge in [-0.1, -0.05) is 42.0 Å². The van der Waals surface area contributed by atoms with Crippen LogP contribution in [0.5, 0.6) is 0 Å². The minimum atomic E-state index is -0.169. The van der Waals surface area contributed by atoms with Crippen LogP contribution in [-0.2, 0) is 13.1 Å². The zero-order valence-electron chi connectivity index (χ0n) is 18.0. The van der Waals surface area contributed by atoms with Gasteiger partial charge in [0.15, 0.2) is 0 Å². The number of fused-ring (bicyclic) bond motifs is 1. The van der Waals surface area contributed by atoms with Crippen molar-refractivity contribution in [3.8, 4) is 0 Å². The predicted octanol–water partition coefficient (Wildman–Crippen LogP) is 4.69. The molecule has 156 valence electrons. The Hall–Kier alpha value is -3.73. The van der Waals surface area contributed by atoms with Crippen LogP contribution in [0.15, 0.2) is 71.8 Å². The number of aryl methyl sites for hydroxylation is 3. The summed E-state index contributed by atoms with van der Waals surface area (Å²) in [7, 11) is 0. The number of aromatic amines is 1. The fraction of sp³-hybridized carbons (Fsp3) is 0.192. The number of nitrogens with zero attached hydrogens (tertiary/aromatic N) is 2. The third-order valence-corrected chi connectivity index (χ3v) is 5.59. The molecule has 0 bridgehead atoms. The van der Waals surface area contributed by atoms with Gasteiger partial charge in [0.1, 0.15) is 0 Å². The van der Waals surface area contributed by atoms with Crippen molar-refractivity contribution in [2.75, 3.05) is 0 Å². The average Bonchev–Trinajstić information content (AvgIpc) is 2.78. The molecule has 1 amide bonds. The molecule has 0 aliphatic rings. The SMILES string of the molecule is Cc1ccc(CN(Cc2cc3c(C)ccc(C)c3[nH]c2=O)C(=O)c2ccncc2)cc1. The maximum Gasteiger partial charge on any atom is 0.254 e. The van der Waals surface area contributed by atoms with E-state index in [9.17, 15) is 9.59 Å². The molecule has 0 radical (unpaired) electrons. The zero-order chi connectivity index (χ0) is 22.0. The van der Waals surface area contributed by atoms with Crippen molar-refractivity contribution in [2.45, 2.75) is 33.9 Å². The first-order valence-corrected chi connectivity index (χ1v) is 10.3. The van der Waals surface area contributed by atoms with Crippen molar-refractivity contribution in [1.29, 1.82) is 0 Å². The number of nitrogens with one attached hydrogen (secondary N) is 1. The summed E-state index contributed by atoms with van der Waals surface area (Å²) >= 11 is 0. The van der Waals surface area contributed by atoms with Gasteiger partial charge in [0.05, 0.1) is 12.1 Å². The lowest BCUT2D eigenvalue weighted by Gasteiger charge is -2.23. The lowest BCUT2D eigenvalue weighted by Crippen LogP contribution is -2.32. The average molecular weight is 412 g/mol. The summed E-state index contributed by atoms with van der Waals surface area (Å²) in [5.74, 6) is -0.136. The first-order chi connectivity index (χ1) is 14.9. The quantitative estimate of drug-likeness (QED) is 0.518. The predicted molar refractivity (Wildman–Crippen MR) is 123 cm³/mol. The van der Waals surface area contributed by atoms with Gasteiger partial charge in [-0.05, 0) is 55.7 Å². The van der Waals surface area contributed by atoms with Crippen LogP contribution in [0.2, 0.25) is 0 Å². The Morgan fingerprint density at radius 2 is 1.58 bits per heavy atom. The summed E-state index contributed by atoms with van der Waals surface area (Å²) in [6.07, 6.45) is 3.21. The van der Waals surface area contributed by atoms with Crippen LogP contribution >= 0.6 is 0 Å². The Morgan fingerprint density at radius 1 is 0.903 bits per heavy atom. The Balaban J connectivity index is 1.74. The van der Waals surface area contributed by atoms with Crippen LogP contribution in [0.4, 0.5) is 0 Å². The van der Waals surface area contributed by atoms with E-state index in [1.165, 1.54) is 0 Å². The van der Waals surface area contributed by atoms with E-state index in [-0.39, 0.29) is 18.0 Å². The molecular formula is C26H25N3O2. The van der Waals surface area contributed by atoms with Crippen molar-refractivity contribution in [3.63, 3.8) is 0 Å². The minimum Gasteiger partial charge on any atom is -0.330 e. The molecule has 4 aromatic rings. The molecule has 0 atom stereocenters. The van der Waals surface area contributed by atoms with Crippen LogP contribution in [0.25, 0.3) is 10.9 Å². The molecule has 0 aliphatic carbocycles. The lowest BCUT2D eigenvalue weighted by molar-refractivity contribution is 0.0729. The maximum atomic E-state index is 13.3. The van der Waals surface area contributed by atoms with Crippen LogP contribution in [0, 0.1) is 20.8 Å². The van der Waals surface area contributed by atoms with Gasteiger partial charge in [-0.25, -0.2) is 0 Å². The minimum absolute atomic E-state index is 0.136. The molecule has 5 heteroatoms. The Labute approximate surface area is 181 Å². The molecule has 2 heterocycles. The molecule has 2 aromatic carbocycles. The number of amides is 1. The number of benzene rings is 2. The fourth-order valence-electron chi connectivity index (χ4n) is 3.73. The molecule has 0 fully saturated rings. The maximum absolute atomic E-state index is 13.3. The summed E-state index contributed by atoms with van der Waals surface area (Å²) in [5.41, 5.74) is 6.07. The smallest absolute Gasteiger partial charge is 0.254 e. The molecule has 0 aliphatic heterocycles. The standard InChI is InChI=1S/C26H25N3O2/c1-17-4-8-20(9-5-17)15-29(26(31)21-10-12-27-13-11-21)16-22-14-23-18(2)6-7-19(3)24(23)28-25(22)30/h4-14H,15-16H2,1-3H3,(H,28,30). The number of H-pyrrole nitrogens is 1. The van der Waals surface area contributed by atoms with E-state index in [2.05, 4.69) is 9.97 Å². The van der Waals surface area contributed by atoms with Crippen LogP contribution < -0.4 is 5.56 Å². The molecule has 0 saturated carbocycles. The summed E-state index contributed by atoms with van der Waals surface area (Å²) in [4.78, 5) is 34.9. The van der Waals surface area contributed by atoms with E-state index in [0.29, 0.717) is 17.7 Å². The topological polar surface area (TPSA) is 66.1 Å². The number of rotatable bonds is 5. The van der Waals surface area contributed by atoms with Crippen LogP contribution in [0.3, 0.4) is 0 Å². The summed E-state index contributed by atoms with van der Waals surface area (Å²) in [6, 6.07) is 17.4. The highest BCUT2D eigenvalue weighted by atomic mass is 16.2. The van der Waals surface area contributed by atoms with E-state index in [0.717, 1.165) is 33.2 Å². The molecule has 4 rings (SSSR count). The van der Waals surface area contributed by atoms with Crippen molar-refractivity contribution in [3.05, 3.63) is 111 Å². The van der Waals surface area contributed by atoms with Gasteiger partial charge in [0, 0.05) is 35.5 Å². The van der Waals surface area contributed by atoms with E-state index in [1.54, 1.807) is 29.4 Å². The first-order valence-electron chi connectivity index (χ1n) is 10.3. The number of hydrogen-bond donors (Lipinski definition) is 1. The lowest BCUT2D eigenvalue weighted by atomic mass is 10.0. The fourth-order valence-corrected chi connectivity index (χ4v) is 3.73. The second kappa shape index (κ2) is 8.56. The zero-order valence-corrected chi connectivity index (χ0v) is 18.0. The van der Waals surface area contributed by atoms with Crippen molar-refractivity contribution in [2.24, 2.45) is 0 Å². The Morgan fingerprint density at radius 3 is 2.29 bits per heavy atom. The van der Waals surface area contributed by atoms with Crippen LogP contribution in [-0.4, -0.2) is 20.8 Å². The highest BCUT2D eigenvalue weighted by Crippen LogP contribution is 2.21. The van der Waals surface area contributed by atoms with Gasteiger partial charge in [-0.15, -0.1) is 0 Å². The number of carbonyl (C=O) groups is 1. The highest BCUT2D eigenvalue weighted by molar-refractivity contribution is 5.94. The van der Waals surface area contributed by atoms with Gasteiger partial charge < -0.3 is 9.88 Å². The largest absolute Gasteiger partial charge is 0.330 e. The van der Waals surface area contributed by atoms with E-state index >= 15 is 0 Å². The number of hydrogen-bond acceptors (Lipinski definition) is 3. The first kappa shape index (κ1) is 20.5. The third-order valence-electron chi connectivity index (χ3n) is 5.59. The van der Waals surface area contributed by atoms with Crippen molar-refractivity contribution < 1.29 is 4.79 Å². The molecule has 0 spiro atoms. The molecule has 31 heavy (non-hydrogen) atoms.